The van der Waals surface area contributed by atoms with Crippen LogP contribution in [0, 0.1) is 0 Å². The van der Waals surface area contributed by atoms with E-state index in [9.17, 15) is 4.79 Å². The summed E-state index contributed by atoms with van der Waals surface area (Å²) < 4.78 is 21.8. The van der Waals surface area contributed by atoms with Crippen LogP contribution in [0.2, 0.25) is 0 Å². The lowest BCUT2D eigenvalue weighted by molar-refractivity contribution is -0.131. The number of carboxylic acids is 1. The van der Waals surface area contributed by atoms with E-state index in [1.807, 2.05) is 18.2 Å². The molecule has 0 heterocycles. The predicted octanol–water partition coefficient (Wildman–Crippen LogP) is 3.26. The van der Waals surface area contributed by atoms with E-state index in [2.05, 4.69) is 0 Å². The molecule has 2 rings (SSSR count). The SMILES string of the molecule is COc1cccc(OCCOc2c(C=CC(=O)O)cccc2OC)c1. The Morgan fingerprint density at radius 2 is 1.72 bits per heavy atom. The van der Waals surface area contributed by atoms with Crippen LogP contribution < -0.4 is 18.9 Å². The first-order valence-electron chi connectivity index (χ1n) is 7.61. The molecule has 0 bridgehead atoms. The lowest BCUT2D eigenvalue weighted by Crippen LogP contribution is -2.10. The zero-order chi connectivity index (χ0) is 18.1. The normalized spacial score (nSPS) is 10.5. The van der Waals surface area contributed by atoms with E-state index in [-0.39, 0.29) is 6.61 Å². The molecule has 0 radical (unpaired) electrons. The zero-order valence-electron chi connectivity index (χ0n) is 14.1. The number of carbonyl (C=O) groups is 1. The second-order valence-electron chi connectivity index (χ2n) is 4.93. The Bertz CT molecular complexity index is 738. The maximum Gasteiger partial charge on any atom is 0.328 e. The Hall–Kier alpha value is -3.15. The first-order valence-corrected chi connectivity index (χ1v) is 7.61. The standard InChI is InChI=1S/C19H20O6/c1-22-15-6-4-7-16(13-15)24-11-12-25-19-14(9-10-18(20)21)5-3-8-17(19)23-2/h3-10,13H,11-12H2,1-2H3,(H,20,21). The molecular formula is C19H20O6. The number of carboxylic acid groups (broad SMARTS) is 1. The molecule has 0 aromatic heterocycles. The van der Waals surface area contributed by atoms with Gasteiger partial charge in [-0.2, -0.15) is 0 Å². The third-order valence-electron chi connectivity index (χ3n) is 3.27. The van der Waals surface area contributed by atoms with Crippen LogP contribution in [0.25, 0.3) is 6.08 Å². The summed E-state index contributed by atoms with van der Waals surface area (Å²) in [4.78, 5) is 10.7. The van der Waals surface area contributed by atoms with Gasteiger partial charge in [0.05, 0.1) is 14.2 Å². The van der Waals surface area contributed by atoms with Crippen LogP contribution in [-0.4, -0.2) is 38.5 Å². The summed E-state index contributed by atoms with van der Waals surface area (Å²) in [6, 6.07) is 12.5. The molecule has 6 nitrogen and oxygen atoms in total. The molecule has 0 aliphatic rings. The summed E-state index contributed by atoms with van der Waals surface area (Å²) in [6.45, 7) is 0.582. The van der Waals surface area contributed by atoms with Crippen LogP contribution in [0.4, 0.5) is 0 Å². The van der Waals surface area contributed by atoms with Gasteiger partial charge in [0, 0.05) is 17.7 Å². The van der Waals surface area contributed by atoms with Crippen molar-refractivity contribution < 1.29 is 28.8 Å². The van der Waals surface area contributed by atoms with Gasteiger partial charge < -0.3 is 24.1 Å². The quantitative estimate of drug-likeness (QED) is 0.556. The molecule has 25 heavy (non-hydrogen) atoms. The van der Waals surface area contributed by atoms with E-state index >= 15 is 0 Å². The highest BCUT2D eigenvalue weighted by Gasteiger charge is 2.09. The smallest absolute Gasteiger partial charge is 0.328 e. The van der Waals surface area contributed by atoms with Gasteiger partial charge in [0.1, 0.15) is 24.7 Å². The molecule has 0 saturated heterocycles. The van der Waals surface area contributed by atoms with E-state index in [4.69, 9.17) is 24.1 Å². The molecule has 0 aliphatic heterocycles. The van der Waals surface area contributed by atoms with Crippen molar-refractivity contribution in [2.75, 3.05) is 27.4 Å². The van der Waals surface area contributed by atoms with E-state index in [0.717, 1.165) is 6.08 Å². The van der Waals surface area contributed by atoms with Crippen LogP contribution >= 0.6 is 0 Å². The molecule has 0 atom stereocenters. The molecule has 2 aromatic rings. The number of para-hydroxylation sites is 1. The van der Waals surface area contributed by atoms with Crippen molar-refractivity contribution in [3.63, 3.8) is 0 Å². The van der Waals surface area contributed by atoms with Gasteiger partial charge in [-0.25, -0.2) is 4.79 Å². The maximum atomic E-state index is 10.7. The Morgan fingerprint density at radius 1 is 1.00 bits per heavy atom. The molecule has 6 heteroatoms. The van der Waals surface area contributed by atoms with Gasteiger partial charge in [-0.1, -0.05) is 18.2 Å². The van der Waals surface area contributed by atoms with Gasteiger partial charge >= 0.3 is 5.97 Å². The fourth-order valence-corrected chi connectivity index (χ4v) is 2.13. The number of methoxy groups -OCH3 is 2. The van der Waals surface area contributed by atoms with Crippen LogP contribution in [0.1, 0.15) is 5.56 Å². The summed E-state index contributed by atoms with van der Waals surface area (Å²) in [7, 11) is 3.12. The molecule has 2 aromatic carbocycles. The van der Waals surface area contributed by atoms with Gasteiger partial charge in [0.25, 0.3) is 0 Å². The maximum absolute atomic E-state index is 10.7. The van der Waals surface area contributed by atoms with Crippen LogP contribution in [0.15, 0.2) is 48.5 Å². The lowest BCUT2D eigenvalue weighted by atomic mass is 10.1. The van der Waals surface area contributed by atoms with Gasteiger partial charge in [0.2, 0.25) is 0 Å². The molecule has 1 N–H and O–H groups in total. The van der Waals surface area contributed by atoms with Gasteiger partial charge in [0.15, 0.2) is 11.5 Å². The van der Waals surface area contributed by atoms with E-state index in [1.165, 1.54) is 13.2 Å². The summed E-state index contributed by atoms with van der Waals surface area (Å²) in [5.74, 6) is 1.35. The van der Waals surface area contributed by atoms with Crippen molar-refractivity contribution >= 4 is 12.0 Å². The summed E-state index contributed by atoms with van der Waals surface area (Å²) in [5.41, 5.74) is 0.614. The molecule has 0 spiro atoms. The average molecular weight is 344 g/mol. The van der Waals surface area contributed by atoms with Crippen LogP contribution in [0.5, 0.6) is 23.0 Å². The monoisotopic (exact) mass is 344 g/mol. The molecule has 0 amide bonds. The average Bonchev–Trinajstić information content (AvgIpc) is 2.63. The molecule has 0 unspecified atom stereocenters. The van der Waals surface area contributed by atoms with Crippen molar-refractivity contribution in [3.05, 3.63) is 54.1 Å². The first kappa shape index (κ1) is 18.2. The Labute approximate surface area is 146 Å². The highest BCUT2D eigenvalue weighted by molar-refractivity contribution is 5.86. The summed E-state index contributed by atoms with van der Waals surface area (Å²) >= 11 is 0. The Balaban J connectivity index is 2.00. The fourth-order valence-electron chi connectivity index (χ4n) is 2.13. The van der Waals surface area contributed by atoms with Gasteiger partial charge in [-0.15, -0.1) is 0 Å². The molecular weight excluding hydrogens is 324 g/mol. The fraction of sp³-hybridized carbons (Fsp3) is 0.211. The predicted molar refractivity (Wildman–Crippen MR) is 93.6 cm³/mol. The largest absolute Gasteiger partial charge is 0.497 e. The van der Waals surface area contributed by atoms with Gasteiger partial charge in [-0.3, -0.25) is 0 Å². The number of ether oxygens (including phenoxy) is 4. The van der Waals surface area contributed by atoms with Crippen LogP contribution in [0.3, 0.4) is 0 Å². The molecule has 0 saturated carbocycles. The van der Waals surface area contributed by atoms with Gasteiger partial charge in [-0.05, 0) is 24.3 Å². The lowest BCUT2D eigenvalue weighted by Gasteiger charge is -2.14. The number of aliphatic carboxylic acids is 1. The second kappa shape index (κ2) is 9.22. The minimum Gasteiger partial charge on any atom is -0.497 e. The number of rotatable bonds is 9. The topological polar surface area (TPSA) is 74.2 Å². The third-order valence-corrected chi connectivity index (χ3v) is 3.27. The number of hydrogen-bond acceptors (Lipinski definition) is 5. The molecule has 0 fully saturated rings. The Kier molecular flexibility index (Phi) is 6.71. The van der Waals surface area contributed by atoms with E-state index in [0.29, 0.717) is 35.2 Å². The third kappa shape index (κ3) is 5.46. The zero-order valence-corrected chi connectivity index (χ0v) is 14.1. The summed E-state index contributed by atoms with van der Waals surface area (Å²) in [5, 5.41) is 8.79. The second-order valence-corrected chi connectivity index (χ2v) is 4.93. The number of hydrogen-bond donors (Lipinski definition) is 1. The van der Waals surface area contributed by atoms with E-state index < -0.39 is 5.97 Å². The van der Waals surface area contributed by atoms with Crippen LogP contribution in [-0.2, 0) is 4.79 Å². The molecule has 0 aliphatic carbocycles. The van der Waals surface area contributed by atoms with Crippen molar-refractivity contribution in [1.82, 2.24) is 0 Å². The van der Waals surface area contributed by atoms with E-state index in [1.54, 1.807) is 31.4 Å². The molecule has 132 valence electrons. The minimum absolute atomic E-state index is 0.269. The highest BCUT2D eigenvalue weighted by atomic mass is 16.5. The highest BCUT2D eigenvalue weighted by Crippen LogP contribution is 2.32. The summed E-state index contributed by atoms with van der Waals surface area (Å²) in [6.07, 6.45) is 2.51. The first-order chi connectivity index (χ1) is 12.1. The Morgan fingerprint density at radius 3 is 2.44 bits per heavy atom. The van der Waals surface area contributed by atoms with Crippen molar-refractivity contribution in [2.24, 2.45) is 0 Å². The number of benzene rings is 2. The van der Waals surface area contributed by atoms with Crippen molar-refractivity contribution in [1.29, 1.82) is 0 Å². The minimum atomic E-state index is -1.03. The van der Waals surface area contributed by atoms with Crippen molar-refractivity contribution in [3.8, 4) is 23.0 Å². The van der Waals surface area contributed by atoms with Crippen molar-refractivity contribution in [2.45, 2.75) is 0 Å².